The van der Waals surface area contributed by atoms with E-state index in [1.165, 1.54) is 16.7 Å². The molecule has 0 unspecified atom stereocenters. The number of hydrogen-bond acceptors (Lipinski definition) is 3. The van der Waals surface area contributed by atoms with E-state index in [2.05, 4.69) is 64.8 Å². The van der Waals surface area contributed by atoms with Crippen molar-refractivity contribution in [3.63, 3.8) is 0 Å². The first-order valence-corrected chi connectivity index (χ1v) is 9.54. The Morgan fingerprint density at radius 2 is 1.72 bits per heavy atom. The van der Waals surface area contributed by atoms with Gasteiger partial charge in [0.1, 0.15) is 0 Å². The van der Waals surface area contributed by atoms with Crippen LogP contribution in [0.25, 0.3) is 0 Å². The van der Waals surface area contributed by atoms with Crippen LogP contribution in [0, 0.1) is 0 Å². The Balaban J connectivity index is 1.38. The van der Waals surface area contributed by atoms with Gasteiger partial charge >= 0.3 is 0 Å². The van der Waals surface area contributed by atoms with E-state index in [4.69, 9.17) is 0 Å². The van der Waals surface area contributed by atoms with Crippen LogP contribution < -0.4 is 5.32 Å². The van der Waals surface area contributed by atoms with E-state index in [1.54, 1.807) is 0 Å². The van der Waals surface area contributed by atoms with Crippen LogP contribution in [0.2, 0.25) is 0 Å². The number of nitrogens with one attached hydrogen (secondary N) is 1. The second-order valence-electron chi connectivity index (χ2n) is 7.52. The molecular formula is C22H28N2O. The summed E-state index contributed by atoms with van der Waals surface area (Å²) in [5.41, 5.74) is 3.46. The first kappa shape index (κ1) is 16.8. The average molecular weight is 336 g/mol. The molecule has 2 aromatic carbocycles. The molecule has 25 heavy (non-hydrogen) atoms. The topological polar surface area (TPSA) is 35.5 Å². The van der Waals surface area contributed by atoms with Crippen LogP contribution in [0.5, 0.6) is 0 Å². The van der Waals surface area contributed by atoms with Crippen LogP contribution in [0.4, 0.5) is 0 Å². The fourth-order valence-electron chi connectivity index (χ4n) is 4.37. The highest BCUT2D eigenvalue weighted by Crippen LogP contribution is 2.38. The average Bonchev–Trinajstić information content (AvgIpc) is 2.68. The van der Waals surface area contributed by atoms with Crippen molar-refractivity contribution in [2.45, 2.75) is 37.3 Å². The Morgan fingerprint density at radius 1 is 1.00 bits per heavy atom. The molecule has 0 aromatic heterocycles. The SMILES string of the molecule is OC1([C@H]2NCCc3ccccc32)CCN(CCc2ccccc2)CC1. The number of benzene rings is 2. The minimum atomic E-state index is -0.625. The summed E-state index contributed by atoms with van der Waals surface area (Å²) in [6.45, 7) is 3.99. The van der Waals surface area contributed by atoms with Crippen molar-refractivity contribution in [3.8, 4) is 0 Å². The molecule has 1 fully saturated rings. The van der Waals surface area contributed by atoms with Crippen molar-refractivity contribution in [2.75, 3.05) is 26.2 Å². The van der Waals surface area contributed by atoms with E-state index in [1.807, 2.05) is 0 Å². The molecular weight excluding hydrogens is 308 g/mol. The Kier molecular flexibility index (Phi) is 4.89. The second kappa shape index (κ2) is 7.28. The van der Waals surface area contributed by atoms with Gasteiger partial charge in [0, 0.05) is 19.6 Å². The molecule has 3 nitrogen and oxygen atoms in total. The molecule has 1 atom stereocenters. The Morgan fingerprint density at radius 3 is 2.52 bits per heavy atom. The van der Waals surface area contributed by atoms with E-state index >= 15 is 0 Å². The predicted molar refractivity (Wildman–Crippen MR) is 102 cm³/mol. The molecule has 2 N–H and O–H groups in total. The monoisotopic (exact) mass is 336 g/mol. The van der Waals surface area contributed by atoms with Crippen LogP contribution in [-0.2, 0) is 12.8 Å². The van der Waals surface area contributed by atoms with Crippen LogP contribution >= 0.6 is 0 Å². The third-order valence-corrected chi connectivity index (χ3v) is 5.93. The molecule has 3 heteroatoms. The van der Waals surface area contributed by atoms with Gasteiger partial charge in [0.2, 0.25) is 0 Å². The van der Waals surface area contributed by atoms with Gasteiger partial charge in [-0.2, -0.15) is 0 Å². The number of likely N-dealkylation sites (tertiary alicyclic amines) is 1. The lowest BCUT2D eigenvalue weighted by atomic mass is 9.77. The van der Waals surface area contributed by atoms with Gasteiger partial charge in [-0.3, -0.25) is 0 Å². The van der Waals surface area contributed by atoms with Gasteiger partial charge in [-0.1, -0.05) is 54.6 Å². The number of piperidine rings is 1. The molecule has 1 saturated heterocycles. The molecule has 2 heterocycles. The van der Waals surface area contributed by atoms with Crippen molar-refractivity contribution >= 4 is 0 Å². The van der Waals surface area contributed by atoms with Crippen molar-refractivity contribution in [3.05, 3.63) is 71.3 Å². The van der Waals surface area contributed by atoms with Crippen molar-refractivity contribution in [2.24, 2.45) is 0 Å². The van der Waals surface area contributed by atoms with Gasteiger partial charge in [0.25, 0.3) is 0 Å². The summed E-state index contributed by atoms with van der Waals surface area (Å²) in [6.07, 6.45) is 3.83. The first-order chi connectivity index (χ1) is 12.2. The summed E-state index contributed by atoms with van der Waals surface area (Å²) < 4.78 is 0. The van der Waals surface area contributed by atoms with Crippen molar-refractivity contribution in [1.82, 2.24) is 10.2 Å². The summed E-state index contributed by atoms with van der Waals surface area (Å²) in [6, 6.07) is 19.4. The lowest BCUT2D eigenvalue weighted by molar-refractivity contribution is -0.0526. The van der Waals surface area contributed by atoms with E-state index in [9.17, 15) is 5.11 Å². The lowest BCUT2D eigenvalue weighted by Gasteiger charge is -2.45. The highest BCUT2D eigenvalue weighted by molar-refractivity contribution is 5.34. The predicted octanol–water partition coefficient (Wildman–Crippen LogP) is 2.94. The molecule has 0 amide bonds. The maximum atomic E-state index is 11.4. The summed E-state index contributed by atoms with van der Waals surface area (Å²) >= 11 is 0. The fraction of sp³-hybridized carbons (Fsp3) is 0.455. The van der Waals surface area contributed by atoms with Crippen LogP contribution in [0.3, 0.4) is 0 Å². The second-order valence-corrected chi connectivity index (χ2v) is 7.52. The molecule has 0 saturated carbocycles. The molecule has 0 spiro atoms. The number of fused-ring (bicyclic) bond motifs is 1. The highest BCUT2D eigenvalue weighted by Gasteiger charge is 2.41. The van der Waals surface area contributed by atoms with E-state index < -0.39 is 5.60 Å². The Hall–Kier alpha value is -1.68. The van der Waals surface area contributed by atoms with Gasteiger partial charge in [-0.05, 0) is 48.9 Å². The summed E-state index contributed by atoms with van der Waals surface area (Å²) in [7, 11) is 0. The summed E-state index contributed by atoms with van der Waals surface area (Å²) in [5, 5.41) is 14.9. The molecule has 0 aliphatic carbocycles. The number of rotatable bonds is 4. The first-order valence-electron chi connectivity index (χ1n) is 9.54. The lowest BCUT2D eigenvalue weighted by Crippen LogP contribution is -2.53. The minimum absolute atomic E-state index is 0.0775. The number of hydrogen-bond donors (Lipinski definition) is 2. The molecule has 2 aliphatic heterocycles. The minimum Gasteiger partial charge on any atom is -0.388 e. The smallest absolute Gasteiger partial charge is 0.0866 e. The van der Waals surface area contributed by atoms with E-state index in [0.717, 1.165) is 51.9 Å². The zero-order chi connectivity index (χ0) is 17.1. The molecule has 0 bridgehead atoms. The zero-order valence-electron chi connectivity index (χ0n) is 14.8. The molecule has 0 radical (unpaired) electrons. The number of nitrogens with zero attached hydrogens (tertiary/aromatic N) is 1. The van der Waals surface area contributed by atoms with E-state index in [-0.39, 0.29) is 6.04 Å². The largest absolute Gasteiger partial charge is 0.388 e. The van der Waals surface area contributed by atoms with Gasteiger partial charge in [-0.25, -0.2) is 0 Å². The Labute approximate surface area is 150 Å². The third-order valence-electron chi connectivity index (χ3n) is 5.93. The standard InChI is InChI=1S/C22H28N2O/c25-22(21-20-9-5-4-8-19(20)10-14-23-21)12-16-24(17-13-22)15-11-18-6-2-1-3-7-18/h1-9,21,23,25H,10-17H2/t21-/m0/s1. The molecule has 4 rings (SSSR count). The van der Waals surface area contributed by atoms with Crippen LogP contribution in [-0.4, -0.2) is 41.8 Å². The molecule has 2 aromatic rings. The quantitative estimate of drug-likeness (QED) is 0.901. The summed E-state index contributed by atoms with van der Waals surface area (Å²) in [5.74, 6) is 0. The van der Waals surface area contributed by atoms with Gasteiger partial charge in [-0.15, -0.1) is 0 Å². The van der Waals surface area contributed by atoms with Gasteiger partial charge in [0.15, 0.2) is 0 Å². The highest BCUT2D eigenvalue weighted by atomic mass is 16.3. The van der Waals surface area contributed by atoms with Gasteiger partial charge in [0.05, 0.1) is 11.6 Å². The van der Waals surface area contributed by atoms with E-state index in [0.29, 0.717) is 0 Å². The maximum absolute atomic E-state index is 11.4. The Bertz CT molecular complexity index is 692. The van der Waals surface area contributed by atoms with Crippen LogP contribution in [0.15, 0.2) is 54.6 Å². The van der Waals surface area contributed by atoms with Crippen molar-refractivity contribution in [1.29, 1.82) is 0 Å². The van der Waals surface area contributed by atoms with Gasteiger partial charge < -0.3 is 15.3 Å². The third kappa shape index (κ3) is 3.64. The normalized spacial score (nSPS) is 23.2. The fourth-order valence-corrected chi connectivity index (χ4v) is 4.37. The summed E-state index contributed by atoms with van der Waals surface area (Å²) in [4.78, 5) is 2.50. The van der Waals surface area contributed by atoms with Crippen molar-refractivity contribution < 1.29 is 5.11 Å². The zero-order valence-corrected chi connectivity index (χ0v) is 14.8. The van der Waals surface area contributed by atoms with Crippen LogP contribution in [0.1, 0.15) is 35.6 Å². The maximum Gasteiger partial charge on any atom is 0.0866 e. The molecule has 2 aliphatic rings. The number of aliphatic hydroxyl groups is 1. The molecule has 132 valence electrons.